The van der Waals surface area contributed by atoms with Crippen molar-refractivity contribution in [2.24, 2.45) is 0 Å². The van der Waals surface area contributed by atoms with Crippen LogP contribution in [0.15, 0.2) is 48.8 Å². The fourth-order valence-electron chi connectivity index (χ4n) is 2.90. The molecule has 0 saturated carbocycles. The minimum atomic E-state index is 1.02. The summed E-state index contributed by atoms with van der Waals surface area (Å²) >= 11 is 1.81. The Morgan fingerprint density at radius 2 is 1.82 bits per heavy atom. The van der Waals surface area contributed by atoms with Crippen LogP contribution in [0.25, 0.3) is 10.2 Å². The van der Waals surface area contributed by atoms with Crippen LogP contribution in [-0.2, 0) is 6.54 Å². The summed E-state index contributed by atoms with van der Waals surface area (Å²) in [4.78, 5) is 16.3. The molecule has 3 aromatic rings. The van der Waals surface area contributed by atoms with Crippen LogP contribution in [0.4, 0.5) is 5.82 Å². The van der Waals surface area contributed by atoms with Crippen LogP contribution < -0.4 is 4.90 Å². The topological polar surface area (TPSA) is 32.3 Å². The van der Waals surface area contributed by atoms with E-state index in [1.807, 2.05) is 35.9 Å². The number of thiophene rings is 1. The minimum absolute atomic E-state index is 1.02. The van der Waals surface area contributed by atoms with Crippen LogP contribution in [0, 0.1) is 0 Å². The highest BCUT2D eigenvalue weighted by Gasteiger charge is 2.18. The quantitative estimate of drug-likeness (QED) is 0.744. The van der Waals surface area contributed by atoms with Gasteiger partial charge < -0.3 is 4.90 Å². The minimum Gasteiger partial charge on any atom is -0.354 e. The third-order valence-corrected chi connectivity index (χ3v) is 5.11. The Hall–Kier alpha value is -1.98. The number of pyridine rings is 2. The molecule has 5 heteroatoms. The predicted molar refractivity (Wildman–Crippen MR) is 91.3 cm³/mol. The van der Waals surface area contributed by atoms with Crippen LogP contribution in [0.1, 0.15) is 4.88 Å². The van der Waals surface area contributed by atoms with E-state index in [2.05, 4.69) is 44.0 Å². The van der Waals surface area contributed by atoms with Gasteiger partial charge in [-0.1, -0.05) is 12.1 Å². The van der Waals surface area contributed by atoms with Crippen LogP contribution in [-0.4, -0.2) is 41.0 Å². The van der Waals surface area contributed by atoms with Crippen molar-refractivity contribution in [3.63, 3.8) is 0 Å². The van der Waals surface area contributed by atoms with E-state index in [9.17, 15) is 0 Å². The highest BCUT2D eigenvalue weighted by atomic mass is 32.1. The second-order valence-electron chi connectivity index (χ2n) is 5.56. The zero-order chi connectivity index (χ0) is 14.8. The average molecular weight is 310 g/mol. The largest absolute Gasteiger partial charge is 0.354 e. The average Bonchev–Trinajstić information content (AvgIpc) is 2.98. The van der Waals surface area contributed by atoms with Crippen molar-refractivity contribution >= 4 is 27.4 Å². The van der Waals surface area contributed by atoms with E-state index in [4.69, 9.17) is 0 Å². The van der Waals surface area contributed by atoms with Crippen molar-refractivity contribution in [1.82, 2.24) is 14.9 Å². The summed E-state index contributed by atoms with van der Waals surface area (Å²) in [6.07, 6.45) is 3.74. The van der Waals surface area contributed by atoms with Gasteiger partial charge in [0, 0.05) is 55.4 Å². The maximum Gasteiger partial charge on any atom is 0.128 e. The summed E-state index contributed by atoms with van der Waals surface area (Å²) < 4.78 is 0. The van der Waals surface area contributed by atoms with Gasteiger partial charge in [0.1, 0.15) is 10.6 Å². The molecule has 0 radical (unpaired) electrons. The highest BCUT2D eigenvalue weighted by molar-refractivity contribution is 7.18. The zero-order valence-corrected chi connectivity index (χ0v) is 13.2. The molecular formula is C17H18N4S. The molecule has 0 atom stereocenters. The van der Waals surface area contributed by atoms with Crippen LogP contribution in [0.5, 0.6) is 0 Å². The summed E-state index contributed by atoms with van der Waals surface area (Å²) in [6, 6.07) is 12.5. The lowest BCUT2D eigenvalue weighted by Gasteiger charge is -2.35. The van der Waals surface area contributed by atoms with E-state index in [-0.39, 0.29) is 0 Å². The van der Waals surface area contributed by atoms with E-state index >= 15 is 0 Å². The molecule has 0 spiro atoms. The fraction of sp³-hybridized carbons (Fsp3) is 0.294. The molecule has 4 rings (SSSR count). The van der Waals surface area contributed by atoms with Crippen molar-refractivity contribution in [2.45, 2.75) is 6.54 Å². The maximum atomic E-state index is 4.44. The zero-order valence-electron chi connectivity index (χ0n) is 12.4. The lowest BCUT2D eigenvalue weighted by molar-refractivity contribution is 0.251. The van der Waals surface area contributed by atoms with Gasteiger partial charge >= 0.3 is 0 Å². The summed E-state index contributed by atoms with van der Waals surface area (Å²) in [5, 5.41) is 1.26. The standard InChI is InChI=1S/C17H18N4S/c1-2-6-18-16(5-1)21-10-8-20(9-11-21)13-15-12-14-4-3-7-19-17(14)22-15/h1-7,12H,8-11,13H2. The van der Waals surface area contributed by atoms with Crippen molar-refractivity contribution in [2.75, 3.05) is 31.1 Å². The molecule has 3 aromatic heterocycles. The molecule has 0 aromatic carbocycles. The summed E-state index contributed by atoms with van der Waals surface area (Å²) in [7, 11) is 0. The first-order valence-electron chi connectivity index (χ1n) is 7.60. The first kappa shape index (κ1) is 13.7. The Bertz CT molecular complexity index is 714. The lowest BCUT2D eigenvalue weighted by Crippen LogP contribution is -2.46. The van der Waals surface area contributed by atoms with Gasteiger partial charge in [-0.25, -0.2) is 9.97 Å². The second kappa shape index (κ2) is 6.02. The Morgan fingerprint density at radius 1 is 0.955 bits per heavy atom. The van der Waals surface area contributed by atoms with E-state index in [1.54, 1.807) is 0 Å². The molecule has 4 nitrogen and oxygen atoms in total. The van der Waals surface area contributed by atoms with E-state index < -0.39 is 0 Å². The van der Waals surface area contributed by atoms with Crippen LogP contribution in [0.3, 0.4) is 0 Å². The number of aromatic nitrogens is 2. The van der Waals surface area contributed by atoms with Gasteiger partial charge in [-0.3, -0.25) is 4.90 Å². The van der Waals surface area contributed by atoms with Gasteiger partial charge in [-0.05, 0) is 24.3 Å². The van der Waals surface area contributed by atoms with E-state index in [0.29, 0.717) is 0 Å². The van der Waals surface area contributed by atoms with Crippen molar-refractivity contribution in [3.8, 4) is 0 Å². The molecule has 1 saturated heterocycles. The second-order valence-corrected chi connectivity index (χ2v) is 6.68. The molecular weight excluding hydrogens is 292 g/mol. The van der Waals surface area contributed by atoms with Gasteiger partial charge in [0.15, 0.2) is 0 Å². The first-order valence-corrected chi connectivity index (χ1v) is 8.42. The normalized spacial score (nSPS) is 16.3. The number of rotatable bonds is 3. The smallest absolute Gasteiger partial charge is 0.128 e. The Morgan fingerprint density at radius 3 is 2.59 bits per heavy atom. The molecule has 0 aliphatic carbocycles. The van der Waals surface area contributed by atoms with E-state index in [1.165, 1.54) is 10.3 Å². The first-order chi connectivity index (χ1) is 10.9. The number of fused-ring (bicyclic) bond motifs is 1. The van der Waals surface area contributed by atoms with Gasteiger partial charge in [0.05, 0.1) is 0 Å². The molecule has 4 heterocycles. The molecule has 22 heavy (non-hydrogen) atoms. The number of piperazine rings is 1. The molecule has 0 unspecified atom stereocenters. The molecule has 1 aliphatic rings. The van der Waals surface area contributed by atoms with Gasteiger partial charge in [0.25, 0.3) is 0 Å². The number of hydrogen-bond donors (Lipinski definition) is 0. The molecule has 0 amide bonds. The lowest BCUT2D eigenvalue weighted by atomic mass is 10.2. The number of hydrogen-bond acceptors (Lipinski definition) is 5. The summed E-state index contributed by atoms with van der Waals surface area (Å²) in [6.45, 7) is 5.27. The van der Waals surface area contributed by atoms with Gasteiger partial charge in [0.2, 0.25) is 0 Å². The Kier molecular flexibility index (Phi) is 3.74. The third-order valence-electron chi connectivity index (χ3n) is 4.07. The van der Waals surface area contributed by atoms with Crippen LogP contribution >= 0.6 is 11.3 Å². The van der Waals surface area contributed by atoms with Crippen molar-refractivity contribution < 1.29 is 0 Å². The number of nitrogens with zero attached hydrogens (tertiary/aromatic N) is 4. The molecule has 0 N–H and O–H groups in total. The third kappa shape index (κ3) is 2.82. The summed E-state index contributed by atoms with van der Waals surface area (Å²) in [5.74, 6) is 1.09. The molecule has 0 bridgehead atoms. The Balaban J connectivity index is 1.39. The fourth-order valence-corrected chi connectivity index (χ4v) is 3.94. The predicted octanol–water partition coefficient (Wildman–Crippen LogP) is 3.01. The van der Waals surface area contributed by atoms with Crippen molar-refractivity contribution in [1.29, 1.82) is 0 Å². The number of anilines is 1. The SMILES string of the molecule is c1ccc(N2CCN(Cc3cc4cccnc4s3)CC2)nc1. The van der Waals surface area contributed by atoms with Crippen LogP contribution in [0.2, 0.25) is 0 Å². The monoisotopic (exact) mass is 310 g/mol. The maximum absolute atomic E-state index is 4.44. The van der Waals surface area contributed by atoms with Gasteiger partial charge in [-0.15, -0.1) is 11.3 Å². The summed E-state index contributed by atoms with van der Waals surface area (Å²) in [5.41, 5.74) is 0. The van der Waals surface area contributed by atoms with Crippen molar-refractivity contribution in [3.05, 3.63) is 53.7 Å². The molecule has 112 valence electrons. The van der Waals surface area contributed by atoms with Gasteiger partial charge in [-0.2, -0.15) is 0 Å². The molecule has 1 fully saturated rings. The van der Waals surface area contributed by atoms with E-state index in [0.717, 1.165) is 43.4 Å². The highest BCUT2D eigenvalue weighted by Crippen LogP contribution is 2.25. The Labute approximate surface area is 134 Å². The molecule has 1 aliphatic heterocycles.